The maximum Gasteiger partial charge on any atom is 0.421 e. The summed E-state index contributed by atoms with van der Waals surface area (Å²) in [7, 11) is 0. The maximum atomic E-state index is 12.7. The number of hydrogen-bond acceptors (Lipinski definition) is 4. The molecule has 0 saturated carbocycles. The average Bonchev–Trinajstić information content (AvgIpc) is 2.27. The number of nitrogens with zero attached hydrogens (tertiary/aromatic N) is 2. The molecule has 0 aliphatic carbocycles. The van der Waals surface area contributed by atoms with Gasteiger partial charge in [-0.3, -0.25) is 0 Å². The molecule has 96 valence electrons. The molecule has 17 heavy (non-hydrogen) atoms. The topological polar surface area (TPSA) is 37.8 Å². The Kier molecular flexibility index (Phi) is 4.62. The molecule has 0 spiro atoms. The van der Waals surface area contributed by atoms with E-state index in [1.54, 1.807) is 13.2 Å². The fourth-order valence-electron chi connectivity index (χ4n) is 1.12. The highest BCUT2D eigenvalue weighted by Gasteiger charge is 2.35. The summed E-state index contributed by atoms with van der Waals surface area (Å²) < 4.78 is 38.1. The van der Waals surface area contributed by atoms with Gasteiger partial charge in [-0.25, -0.2) is 9.97 Å². The first kappa shape index (κ1) is 14.1. The normalized spacial score (nSPS) is 13.5. The van der Waals surface area contributed by atoms with Crippen LogP contribution in [0.15, 0.2) is 11.4 Å². The molecule has 7 heteroatoms. The van der Waals surface area contributed by atoms with Crippen LogP contribution in [0.3, 0.4) is 0 Å². The van der Waals surface area contributed by atoms with Gasteiger partial charge in [0.15, 0.2) is 5.16 Å². The summed E-state index contributed by atoms with van der Waals surface area (Å²) in [5, 5.41) is 3.08. The third-order valence-corrected chi connectivity index (χ3v) is 2.81. The lowest BCUT2D eigenvalue weighted by molar-refractivity contribution is -0.137. The van der Waals surface area contributed by atoms with Crippen molar-refractivity contribution in [1.29, 1.82) is 0 Å². The Morgan fingerprint density at radius 2 is 2.12 bits per heavy atom. The maximum absolute atomic E-state index is 12.7. The number of hydrogen-bond donors (Lipinski definition) is 1. The summed E-state index contributed by atoms with van der Waals surface area (Å²) in [6, 6.07) is -0.0688. The van der Waals surface area contributed by atoms with Crippen LogP contribution in [0.5, 0.6) is 0 Å². The molecule has 0 fully saturated rings. The molecule has 0 radical (unpaired) electrons. The van der Waals surface area contributed by atoms with Crippen LogP contribution >= 0.6 is 11.8 Å². The van der Waals surface area contributed by atoms with E-state index in [1.165, 1.54) is 11.8 Å². The Hall–Kier alpha value is -0.980. The number of alkyl halides is 3. The number of thioether (sulfide) groups is 1. The molecule has 0 bridgehead atoms. The quantitative estimate of drug-likeness (QED) is 0.668. The molecule has 1 aromatic heterocycles. The summed E-state index contributed by atoms with van der Waals surface area (Å²) in [4.78, 5) is 7.52. The van der Waals surface area contributed by atoms with Crippen LogP contribution in [0.1, 0.15) is 25.8 Å². The van der Waals surface area contributed by atoms with E-state index in [0.717, 1.165) is 12.6 Å². The fourth-order valence-corrected chi connectivity index (χ4v) is 1.46. The van der Waals surface area contributed by atoms with Crippen molar-refractivity contribution in [1.82, 2.24) is 9.97 Å². The van der Waals surface area contributed by atoms with Crippen molar-refractivity contribution in [2.75, 3.05) is 11.6 Å². The fraction of sp³-hybridized carbons (Fsp3) is 0.600. The second kappa shape index (κ2) is 5.57. The molecule has 1 rings (SSSR count). The molecule has 0 aliphatic rings. The minimum atomic E-state index is -4.44. The summed E-state index contributed by atoms with van der Waals surface area (Å²) in [6.07, 6.45) is -1.18. The van der Waals surface area contributed by atoms with Crippen molar-refractivity contribution in [3.05, 3.63) is 11.8 Å². The molecule has 0 saturated heterocycles. The van der Waals surface area contributed by atoms with Crippen LogP contribution in [0.2, 0.25) is 0 Å². The average molecular weight is 265 g/mol. The second-order valence-corrected chi connectivity index (χ2v) is 4.34. The monoisotopic (exact) mass is 265 g/mol. The van der Waals surface area contributed by atoms with Gasteiger partial charge in [-0.05, 0) is 19.6 Å². The Labute approximate surface area is 102 Å². The highest BCUT2D eigenvalue weighted by Crippen LogP contribution is 2.34. The third kappa shape index (κ3) is 3.76. The lowest BCUT2D eigenvalue weighted by atomic mass is 10.2. The van der Waals surface area contributed by atoms with E-state index in [1.807, 2.05) is 6.92 Å². The molecular formula is C10H14F3N3S. The van der Waals surface area contributed by atoms with Crippen LogP contribution in [-0.2, 0) is 6.18 Å². The summed E-state index contributed by atoms with van der Waals surface area (Å²) >= 11 is 1.21. The Morgan fingerprint density at radius 3 is 2.59 bits per heavy atom. The van der Waals surface area contributed by atoms with E-state index >= 15 is 0 Å². The molecule has 0 aliphatic heterocycles. The van der Waals surface area contributed by atoms with Gasteiger partial charge in [0.1, 0.15) is 11.4 Å². The molecule has 1 aromatic rings. The van der Waals surface area contributed by atoms with E-state index in [0.29, 0.717) is 5.16 Å². The van der Waals surface area contributed by atoms with E-state index in [-0.39, 0.29) is 11.9 Å². The SMILES string of the molecule is CC[C@@H](C)Nc1nc(SC)ncc1C(F)(F)F. The minimum absolute atomic E-state index is 0.0688. The molecule has 1 atom stereocenters. The molecule has 3 nitrogen and oxygen atoms in total. The Morgan fingerprint density at radius 1 is 1.47 bits per heavy atom. The van der Waals surface area contributed by atoms with Crippen LogP contribution in [0.25, 0.3) is 0 Å². The highest BCUT2D eigenvalue weighted by molar-refractivity contribution is 7.98. The summed E-state index contributed by atoms with van der Waals surface area (Å²) in [6.45, 7) is 3.70. The smallest absolute Gasteiger partial charge is 0.367 e. The number of rotatable bonds is 4. The van der Waals surface area contributed by atoms with Gasteiger partial charge in [-0.1, -0.05) is 18.7 Å². The standard InChI is InChI=1S/C10H14F3N3S/c1-4-6(2)15-8-7(10(11,12)13)5-14-9(16-8)17-3/h5-6H,4H2,1-3H3,(H,14,15,16)/t6-/m1/s1. The highest BCUT2D eigenvalue weighted by atomic mass is 32.2. The summed E-state index contributed by atoms with van der Waals surface area (Å²) in [5.74, 6) is -0.147. The number of aromatic nitrogens is 2. The van der Waals surface area contributed by atoms with Crippen molar-refractivity contribution in [2.24, 2.45) is 0 Å². The molecule has 1 heterocycles. The largest absolute Gasteiger partial charge is 0.421 e. The number of halogens is 3. The predicted octanol–water partition coefficient (Wildman–Crippen LogP) is 3.43. The van der Waals surface area contributed by atoms with Gasteiger partial charge >= 0.3 is 6.18 Å². The Bertz CT molecular complexity index is 382. The van der Waals surface area contributed by atoms with Crippen molar-refractivity contribution in [2.45, 2.75) is 37.6 Å². The third-order valence-electron chi connectivity index (χ3n) is 2.25. The van der Waals surface area contributed by atoms with Gasteiger partial charge in [0.2, 0.25) is 0 Å². The van der Waals surface area contributed by atoms with Gasteiger partial charge in [-0.15, -0.1) is 0 Å². The van der Waals surface area contributed by atoms with E-state index < -0.39 is 11.7 Å². The zero-order valence-electron chi connectivity index (χ0n) is 9.80. The molecular weight excluding hydrogens is 251 g/mol. The van der Waals surface area contributed by atoms with Gasteiger partial charge in [-0.2, -0.15) is 13.2 Å². The van der Waals surface area contributed by atoms with Crippen molar-refractivity contribution in [3.8, 4) is 0 Å². The lowest BCUT2D eigenvalue weighted by Gasteiger charge is -2.17. The van der Waals surface area contributed by atoms with Gasteiger partial charge in [0.05, 0.1) is 0 Å². The van der Waals surface area contributed by atoms with Gasteiger partial charge in [0.25, 0.3) is 0 Å². The second-order valence-electron chi connectivity index (χ2n) is 3.57. The molecule has 0 amide bonds. The van der Waals surface area contributed by atoms with E-state index in [4.69, 9.17) is 0 Å². The molecule has 0 unspecified atom stereocenters. The van der Waals surface area contributed by atoms with Gasteiger partial charge in [0, 0.05) is 12.2 Å². The molecule has 0 aromatic carbocycles. The minimum Gasteiger partial charge on any atom is -0.367 e. The molecule has 1 N–H and O–H groups in total. The zero-order valence-corrected chi connectivity index (χ0v) is 10.6. The summed E-state index contributed by atoms with van der Waals surface area (Å²) in [5.41, 5.74) is -0.824. The van der Waals surface area contributed by atoms with Crippen LogP contribution in [-0.4, -0.2) is 22.3 Å². The van der Waals surface area contributed by atoms with Crippen LogP contribution in [0, 0.1) is 0 Å². The van der Waals surface area contributed by atoms with Crippen molar-refractivity contribution < 1.29 is 13.2 Å². The van der Waals surface area contributed by atoms with Crippen LogP contribution < -0.4 is 5.32 Å². The first-order chi connectivity index (χ1) is 7.88. The first-order valence-corrected chi connectivity index (χ1v) is 6.35. The first-order valence-electron chi connectivity index (χ1n) is 5.13. The van der Waals surface area contributed by atoms with E-state index in [9.17, 15) is 13.2 Å². The lowest BCUT2D eigenvalue weighted by Crippen LogP contribution is -2.19. The predicted molar refractivity (Wildman–Crippen MR) is 62.2 cm³/mol. The van der Waals surface area contributed by atoms with Gasteiger partial charge < -0.3 is 5.32 Å². The van der Waals surface area contributed by atoms with Crippen molar-refractivity contribution >= 4 is 17.6 Å². The Balaban J connectivity index is 3.12. The zero-order chi connectivity index (χ0) is 13.1. The number of anilines is 1. The number of nitrogens with one attached hydrogen (secondary N) is 1. The van der Waals surface area contributed by atoms with E-state index in [2.05, 4.69) is 15.3 Å². The van der Waals surface area contributed by atoms with Crippen molar-refractivity contribution in [3.63, 3.8) is 0 Å². The van der Waals surface area contributed by atoms with Crippen LogP contribution in [0.4, 0.5) is 19.0 Å².